The van der Waals surface area contributed by atoms with E-state index in [1.165, 1.54) is 11.3 Å². The average molecular weight is 424 g/mol. The molecule has 0 aliphatic carbocycles. The van der Waals surface area contributed by atoms with Gasteiger partial charge in [0.25, 0.3) is 5.91 Å². The van der Waals surface area contributed by atoms with Gasteiger partial charge in [0.15, 0.2) is 5.13 Å². The van der Waals surface area contributed by atoms with Gasteiger partial charge in [0.1, 0.15) is 17.3 Å². The fourth-order valence-electron chi connectivity index (χ4n) is 3.36. The number of hydrogen-bond donors (Lipinski definition) is 1. The van der Waals surface area contributed by atoms with Crippen molar-refractivity contribution in [2.75, 3.05) is 38.0 Å². The molecule has 4 rings (SSSR count). The molecule has 2 aromatic heterocycles. The third kappa shape index (κ3) is 4.77. The first-order chi connectivity index (χ1) is 14.6. The largest absolute Gasteiger partial charge is 0.456 e. The van der Waals surface area contributed by atoms with Crippen molar-refractivity contribution < 1.29 is 9.53 Å². The van der Waals surface area contributed by atoms with Crippen LogP contribution in [-0.4, -0.2) is 58.4 Å². The number of rotatable bonds is 6. The Bertz CT molecular complexity index is 1010. The lowest BCUT2D eigenvalue weighted by Gasteiger charge is -2.34. The van der Waals surface area contributed by atoms with Crippen molar-refractivity contribution in [3.05, 3.63) is 59.2 Å². The summed E-state index contributed by atoms with van der Waals surface area (Å²) in [6.45, 7) is 8.39. The summed E-state index contributed by atoms with van der Waals surface area (Å²) in [5.74, 6) is 1.80. The van der Waals surface area contributed by atoms with Gasteiger partial charge in [-0.3, -0.25) is 4.79 Å². The molecule has 0 bridgehead atoms. The predicted octanol–water partition coefficient (Wildman–Crippen LogP) is 4.16. The zero-order valence-corrected chi connectivity index (χ0v) is 18.0. The molecule has 1 aromatic carbocycles. The Balaban J connectivity index is 1.49. The third-order valence-electron chi connectivity index (χ3n) is 5.04. The fraction of sp³-hybridized carbons (Fsp3) is 0.318. The van der Waals surface area contributed by atoms with Crippen LogP contribution in [0, 0.1) is 6.92 Å². The highest BCUT2D eigenvalue weighted by Gasteiger charge is 2.23. The van der Waals surface area contributed by atoms with E-state index in [9.17, 15) is 4.79 Å². The zero-order valence-electron chi connectivity index (χ0n) is 17.2. The molecular weight excluding hydrogens is 398 g/mol. The minimum Gasteiger partial charge on any atom is -0.456 e. The minimum absolute atomic E-state index is 0.00650. The second-order valence-corrected chi connectivity index (χ2v) is 7.98. The summed E-state index contributed by atoms with van der Waals surface area (Å²) >= 11 is 1.52. The lowest BCUT2D eigenvalue weighted by molar-refractivity contribution is 0.0641. The summed E-state index contributed by atoms with van der Waals surface area (Å²) in [5.41, 5.74) is 1.53. The number of para-hydroxylation sites is 1. The van der Waals surface area contributed by atoms with Crippen LogP contribution in [0.15, 0.2) is 48.0 Å². The number of piperazine rings is 1. The van der Waals surface area contributed by atoms with Crippen LogP contribution < -0.4 is 10.1 Å². The number of anilines is 2. The number of carbonyl (C=O) groups excluding carboxylic acids is 1. The highest BCUT2D eigenvalue weighted by atomic mass is 32.1. The number of thiazole rings is 1. The molecule has 156 valence electrons. The molecule has 0 unspecified atom stereocenters. The molecule has 0 saturated carbocycles. The molecular formula is C22H25N5O2S. The van der Waals surface area contributed by atoms with Crippen LogP contribution in [0.4, 0.5) is 10.9 Å². The van der Waals surface area contributed by atoms with E-state index < -0.39 is 0 Å². The van der Waals surface area contributed by atoms with E-state index in [1.807, 2.05) is 41.5 Å². The quantitative estimate of drug-likeness (QED) is 0.642. The Morgan fingerprint density at radius 2 is 2.00 bits per heavy atom. The van der Waals surface area contributed by atoms with Crippen molar-refractivity contribution in [1.82, 2.24) is 19.8 Å². The van der Waals surface area contributed by atoms with Gasteiger partial charge >= 0.3 is 0 Å². The number of carbonyl (C=O) groups is 1. The van der Waals surface area contributed by atoms with Crippen LogP contribution in [0.2, 0.25) is 0 Å². The zero-order chi connectivity index (χ0) is 20.9. The summed E-state index contributed by atoms with van der Waals surface area (Å²) < 4.78 is 6.09. The van der Waals surface area contributed by atoms with Crippen LogP contribution >= 0.6 is 11.3 Å². The molecule has 1 aliphatic rings. The van der Waals surface area contributed by atoms with Crippen molar-refractivity contribution in [2.45, 2.75) is 13.8 Å². The maximum atomic E-state index is 13.1. The highest BCUT2D eigenvalue weighted by Crippen LogP contribution is 2.29. The summed E-state index contributed by atoms with van der Waals surface area (Å²) in [4.78, 5) is 26.1. The van der Waals surface area contributed by atoms with E-state index in [2.05, 4.69) is 27.1 Å². The van der Waals surface area contributed by atoms with E-state index in [4.69, 9.17) is 4.74 Å². The molecule has 1 N–H and O–H groups in total. The smallest absolute Gasteiger partial charge is 0.257 e. The van der Waals surface area contributed by atoms with Gasteiger partial charge in [0, 0.05) is 43.8 Å². The van der Waals surface area contributed by atoms with Gasteiger partial charge in [0.2, 0.25) is 0 Å². The summed E-state index contributed by atoms with van der Waals surface area (Å²) in [6.07, 6.45) is 1.67. The molecule has 3 aromatic rings. The van der Waals surface area contributed by atoms with Gasteiger partial charge in [-0.1, -0.05) is 19.1 Å². The standard InChI is InChI=1S/C22H25N5O2S/c1-3-26-10-12-27(13-11-26)21(28)18-6-4-5-7-19(18)29-17-8-9-23-20(14-17)25-22-24-16(2)15-30-22/h4-9,14-15H,3,10-13H2,1-2H3,(H,23,24,25). The molecule has 8 heteroatoms. The normalized spacial score (nSPS) is 14.5. The van der Waals surface area contributed by atoms with Gasteiger partial charge in [-0.2, -0.15) is 0 Å². The van der Waals surface area contributed by atoms with Crippen LogP contribution in [0.3, 0.4) is 0 Å². The number of aryl methyl sites for hydroxylation is 1. The van der Waals surface area contributed by atoms with Gasteiger partial charge < -0.3 is 19.9 Å². The Labute approximate surface area is 180 Å². The summed E-state index contributed by atoms with van der Waals surface area (Å²) in [7, 11) is 0. The first kappa shape index (κ1) is 20.3. The molecule has 0 spiro atoms. The number of pyridine rings is 1. The highest BCUT2D eigenvalue weighted by molar-refractivity contribution is 7.13. The van der Waals surface area contributed by atoms with Crippen molar-refractivity contribution in [1.29, 1.82) is 0 Å². The SMILES string of the molecule is CCN1CCN(C(=O)c2ccccc2Oc2ccnc(Nc3nc(C)cs3)c2)CC1. The molecule has 0 radical (unpaired) electrons. The van der Waals surface area contributed by atoms with Crippen molar-refractivity contribution in [2.24, 2.45) is 0 Å². The van der Waals surface area contributed by atoms with E-state index in [1.54, 1.807) is 18.3 Å². The molecule has 1 saturated heterocycles. The van der Waals surface area contributed by atoms with E-state index in [0.717, 1.165) is 43.5 Å². The van der Waals surface area contributed by atoms with Gasteiger partial charge in [-0.25, -0.2) is 9.97 Å². The molecule has 7 nitrogen and oxygen atoms in total. The summed E-state index contributed by atoms with van der Waals surface area (Å²) in [6, 6.07) is 11.0. The fourth-order valence-corrected chi connectivity index (χ4v) is 4.06. The van der Waals surface area contributed by atoms with Crippen LogP contribution in [0.25, 0.3) is 0 Å². The molecule has 1 amide bonds. The number of aromatic nitrogens is 2. The van der Waals surface area contributed by atoms with Gasteiger partial charge in [0.05, 0.1) is 11.3 Å². The first-order valence-corrected chi connectivity index (χ1v) is 10.9. The lowest BCUT2D eigenvalue weighted by atomic mass is 10.1. The minimum atomic E-state index is 0.00650. The number of amides is 1. The van der Waals surface area contributed by atoms with Crippen molar-refractivity contribution in [3.63, 3.8) is 0 Å². The first-order valence-electron chi connectivity index (χ1n) is 10.1. The number of ether oxygens (including phenoxy) is 1. The Morgan fingerprint density at radius 1 is 1.20 bits per heavy atom. The Kier molecular flexibility index (Phi) is 6.25. The maximum absolute atomic E-state index is 13.1. The topological polar surface area (TPSA) is 70.6 Å². The van der Waals surface area contributed by atoms with Crippen LogP contribution in [0.5, 0.6) is 11.5 Å². The van der Waals surface area contributed by atoms with E-state index in [0.29, 0.717) is 22.9 Å². The van der Waals surface area contributed by atoms with Crippen molar-refractivity contribution >= 4 is 28.2 Å². The molecule has 30 heavy (non-hydrogen) atoms. The predicted molar refractivity (Wildman–Crippen MR) is 119 cm³/mol. The number of nitrogens with one attached hydrogen (secondary N) is 1. The summed E-state index contributed by atoms with van der Waals surface area (Å²) in [5, 5.41) is 5.94. The molecule has 0 atom stereocenters. The number of hydrogen-bond acceptors (Lipinski definition) is 7. The molecule has 3 heterocycles. The Hall–Kier alpha value is -2.97. The molecule has 1 aliphatic heterocycles. The average Bonchev–Trinajstić information content (AvgIpc) is 3.18. The number of likely N-dealkylation sites (N-methyl/N-ethyl adjacent to an activating group) is 1. The van der Waals surface area contributed by atoms with Crippen molar-refractivity contribution in [3.8, 4) is 11.5 Å². The molecule has 1 fully saturated rings. The number of benzene rings is 1. The number of nitrogens with zero attached hydrogens (tertiary/aromatic N) is 4. The second kappa shape index (κ2) is 9.23. The van der Waals surface area contributed by atoms with Crippen LogP contribution in [0.1, 0.15) is 23.0 Å². The van der Waals surface area contributed by atoms with E-state index >= 15 is 0 Å². The second-order valence-electron chi connectivity index (χ2n) is 7.12. The van der Waals surface area contributed by atoms with Gasteiger partial charge in [-0.15, -0.1) is 11.3 Å². The third-order valence-corrected chi connectivity index (χ3v) is 5.91. The maximum Gasteiger partial charge on any atom is 0.257 e. The Morgan fingerprint density at radius 3 is 2.73 bits per heavy atom. The monoisotopic (exact) mass is 423 g/mol. The lowest BCUT2D eigenvalue weighted by Crippen LogP contribution is -2.48. The van der Waals surface area contributed by atoms with Crippen LogP contribution in [-0.2, 0) is 0 Å². The van der Waals surface area contributed by atoms with Gasteiger partial charge in [-0.05, 0) is 31.7 Å². The van der Waals surface area contributed by atoms with E-state index in [-0.39, 0.29) is 5.91 Å².